The third-order valence-corrected chi connectivity index (χ3v) is 3.60. The number of hydrogen-bond acceptors (Lipinski definition) is 4. The lowest BCUT2D eigenvalue weighted by Crippen LogP contribution is -2.28. The molecule has 0 amide bonds. The molecule has 0 aromatic heterocycles. The highest BCUT2D eigenvalue weighted by Gasteiger charge is 2.54. The van der Waals surface area contributed by atoms with E-state index < -0.39 is 5.60 Å². The van der Waals surface area contributed by atoms with Crippen molar-refractivity contribution in [1.82, 2.24) is 0 Å². The predicted octanol–water partition coefficient (Wildman–Crippen LogP) is 2.01. The molecule has 1 atom stereocenters. The summed E-state index contributed by atoms with van der Waals surface area (Å²) in [6.07, 6.45) is 2.43. The van der Waals surface area contributed by atoms with Gasteiger partial charge < -0.3 is 14.2 Å². The average molecular weight is 272 g/mol. The molecule has 1 fully saturated rings. The van der Waals surface area contributed by atoms with Gasteiger partial charge in [0.25, 0.3) is 0 Å². The molecular weight excluding hydrogens is 256 g/mol. The molecule has 20 heavy (non-hydrogen) atoms. The van der Waals surface area contributed by atoms with Crippen molar-refractivity contribution < 1.29 is 19.0 Å². The first kappa shape index (κ1) is 12.9. The van der Waals surface area contributed by atoms with E-state index >= 15 is 0 Å². The standard InChI is InChI=1S/C16H16O4/c1-18-14-13(17)12(8-11-6-4-3-5-7-11)9-16(10-20-16)15(14)19-2/h3-7,9H,8,10H2,1-2H3. The van der Waals surface area contributed by atoms with E-state index in [0.717, 1.165) is 5.56 Å². The summed E-state index contributed by atoms with van der Waals surface area (Å²) < 4.78 is 16.0. The van der Waals surface area contributed by atoms with Gasteiger partial charge in [0.1, 0.15) is 0 Å². The molecule has 1 unspecified atom stereocenters. The number of ether oxygens (including phenoxy) is 3. The number of allylic oxidation sites excluding steroid dienone is 1. The van der Waals surface area contributed by atoms with Gasteiger partial charge >= 0.3 is 0 Å². The molecule has 1 saturated heterocycles. The first-order valence-electron chi connectivity index (χ1n) is 6.47. The number of rotatable bonds is 4. The zero-order valence-electron chi connectivity index (χ0n) is 11.5. The molecule has 1 aromatic carbocycles. The maximum absolute atomic E-state index is 12.5. The van der Waals surface area contributed by atoms with Crippen LogP contribution in [-0.4, -0.2) is 32.2 Å². The average Bonchev–Trinajstić information content (AvgIpc) is 3.23. The Hall–Kier alpha value is -2.07. The summed E-state index contributed by atoms with van der Waals surface area (Å²) in [5.74, 6) is 0.592. The molecular formula is C16H16O4. The second-order valence-corrected chi connectivity index (χ2v) is 4.91. The monoisotopic (exact) mass is 272 g/mol. The molecule has 1 heterocycles. The molecule has 1 aliphatic heterocycles. The van der Waals surface area contributed by atoms with Crippen molar-refractivity contribution in [2.75, 3.05) is 20.8 Å². The first-order valence-corrected chi connectivity index (χ1v) is 6.47. The van der Waals surface area contributed by atoms with Crippen LogP contribution in [0.25, 0.3) is 0 Å². The summed E-state index contributed by atoms with van der Waals surface area (Å²) in [5.41, 5.74) is 1.17. The Morgan fingerprint density at radius 1 is 1.20 bits per heavy atom. The number of Topliss-reactive ketones (excluding diaryl/α,β-unsaturated/α-hetero) is 1. The molecule has 0 radical (unpaired) electrons. The number of benzene rings is 1. The Balaban J connectivity index is 1.94. The largest absolute Gasteiger partial charge is 0.494 e. The van der Waals surface area contributed by atoms with E-state index in [0.29, 0.717) is 24.4 Å². The molecule has 1 aliphatic carbocycles. The lowest BCUT2D eigenvalue weighted by atomic mass is 9.89. The third-order valence-electron chi connectivity index (χ3n) is 3.60. The fraction of sp³-hybridized carbons (Fsp3) is 0.312. The lowest BCUT2D eigenvalue weighted by Gasteiger charge is -2.22. The van der Waals surface area contributed by atoms with Crippen LogP contribution < -0.4 is 0 Å². The highest BCUT2D eigenvalue weighted by molar-refractivity contribution is 6.09. The van der Waals surface area contributed by atoms with Crippen LogP contribution in [-0.2, 0) is 25.4 Å². The van der Waals surface area contributed by atoms with Gasteiger partial charge in [0.2, 0.25) is 11.5 Å². The van der Waals surface area contributed by atoms with Crippen LogP contribution in [0.15, 0.2) is 53.5 Å². The van der Waals surface area contributed by atoms with Crippen LogP contribution in [0.3, 0.4) is 0 Å². The molecule has 0 saturated carbocycles. The van der Waals surface area contributed by atoms with Crippen molar-refractivity contribution >= 4 is 5.78 Å². The third kappa shape index (κ3) is 2.02. The minimum atomic E-state index is -0.599. The van der Waals surface area contributed by atoms with E-state index in [2.05, 4.69) is 0 Å². The van der Waals surface area contributed by atoms with Crippen LogP contribution in [0.5, 0.6) is 0 Å². The summed E-state index contributed by atoms with van der Waals surface area (Å²) in [7, 11) is 3.01. The van der Waals surface area contributed by atoms with Gasteiger partial charge in [0.15, 0.2) is 11.4 Å². The minimum absolute atomic E-state index is 0.130. The van der Waals surface area contributed by atoms with Crippen LogP contribution in [0.2, 0.25) is 0 Å². The normalized spacial score (nSPS) is 24.7. The van der Waals surface area contributed by atoms with Crippen molar-refractivity contribution in [3.63, 3.8) is 0 Å². The molecule has 3 rings (SSSR count). The van der Waals surface area contributed by atoms with Crippen molar-refractivity contribution in [1.29, 1.82) is 0 Å². The molecule has 0 bridgehead atoms. The molecule has 1 spiro atoms. The summed E-state index contributed by atoms with van der Waals surface area (Å²) in [5, 5.41) is 0. The van der Waals surface area contributed by atoms with Crippen LogP contribution in [0.1, 0.15) is 5.56 Å². The Bertz CT molecular complexity index is 594. The maximum atomic E-state index is 12.5. The fourth-order valence-corrected chi connectivity index (χ4v) is 2.54. The summed E-state index contributed by atoms with van der Waals surface area (Å²) in [6, 6.07) is 9.86. The summed E-state index contributed by atoms with van der Waals surface area (Å²) >= 11 is 0. The van der Waals surface area contributed by atoms with E-state index in [1.54, 1.807) is 0 Å². The van der Waals surface area contributed by atoms with Crippen LogP contribution in [0.4, 0.5) is 0 Å². The number of methoxy groups -OCH3 is 2. The van der Waals surface area contributed by atoms with Crippen molar-refractivity contribution in [2.45, 2.75) is 12.0 Å². The van der Waals surface area contributed by atoms with Gasteiger partial charge in [-0.2, -0.15) is 0 Å². The Morgan fingerprint density at radius 2 is 1.90 bits per heavy atom. The summed E-state index contributed by atoms with van der Waals surface area (Å²) in [4.78, 5) is 12.5. The SMILES string of the molecule is COC1=C(OC)C2(C=C(Cc3ccccc3)C1=O)CO2. The fourth-order valence-electron chi connectivity index (χ4n) is 2.54. The summed E-state index contributed by atoms with van der Waals surface area (Å²) in [6.45, 7) is 0.522. The Labute approximate surface area is 117 Å². The molecule has 104 valence electrons. The van der Waals surface area contributed by atoms with Gasteiger partial charge in [0.05, 0.1) is 20.8 Å². The number of carbonyl (C=O) groups is 1. The van der Waals surface area contributed by atoms with Crippen LogP contribution >= 0.6 is 0 Å². The van der Waals surface area contributed by atoms with E-state index in [4.69, 9.17) is 14.2 Å². The van der Waals surface area contributed by atoms with E-state index in [9.17, 15) is 4.79 Å². The van der Waals surface area contributed by atoms with Crippen molar-refractivity contribution in [2.24, 2.45) is 0 Å². The minimum Gasteiger partial charge on any atom is -0.494 e. The second-order valence-electron chi connectivity index (χ2n) is 4.91. The zero-order chi connectivity index (χ0) is 14.2. The zero-order valence-corrected chi connectivity index (χ0v) is 11.5. The number of carbonyl (C=O) groups excluding carboxylic acids is 1. The van der Waals surface area contributed by atoms with E-state index in [1.165, 1.54) is 14.2 Å². The highest BCUT2D eigenvalue weighted by atomic mass is 16.6. The maximum Gasteiger partial charge on any atom is 0.227 e. The lowest BCUT2D eigenvalue weighted by molar-refractivity contribution is -0.116. The van der Waals surface area contributed by atoms with Gasteiger partial charge in [-0.25, -0.2) is 0 Å². The quantitative estimate of drug-likeness (QED) is 0.787. The molecule has 1 aromatic rings. The van der Waals surface area contributed by atoms with Crippen molar-refractivity contribution in [3.05, 3.63) is 59.1 Å². The molecule has 4 nitrogen and oxygen atoms in total. The van der Waals surface area contributed by atoms with Gasteiger partial charge in [-0.1, -0.05) is 30.3 Å². The first-order chi connectivity index (χ1) is 9.70. The van der Waals surface area contributed by atoms with Gasteiger partial charge in [-0.15, -0.1) is 0 Å². The highest BCUT2D eigenvalue weighted by Crippen LogP contribution is 2.43. The molecule has 0 N–H and O–H groups in total. The second kappa shape index (κ2) is 4.80. The van der Waals surface area contributed by atoms with E-state index in [-0.39, 0.29) is 11.5 Å². The number of ketones is 1. The van der Waals surface area contributed by atoms with Gasteiger partial charge in [-0.3, -0.25) is 4.79 Å². The van der Waals surface area contributed by atoms with Crippen LogP contribution in [0, 0.1) is 0 Å². The van der Waals surface area contributed by atoms with Gasteiger partial charge in [-0.05, 0) is 11.6 Å². The number of hydrogen-bond donors (Lipinski definition) is 0. The van der Waals surface area contributed by atoms with Gasteiger partial charge in [0, 0.05) is 12.0 Å². The van der Waals surface area contributed by atoms with Crippen molar-refractivity contribution in [3.8, 4) is 0 Å². The smallest absolute Gasteiger partial charge is 0.227 e. The topological polar surface area (TPSA) is 48.1 Å². The Kier molecular flexibility index (Phi) is 3.10. The Morgan fingerprint density at radius 3 is 2.45 bits per heavy atom. The predicted molar refractivity (Wildman–Crippen MR) is 73.0 cm³/mol. The molecule has 2 aliphatic rings. The number of epoxide rings is 1. The molecule has 4 heteroatoms. The van der Waals surface area contributed by atoms with E-state index in [1.807, 2.05) is 36.4 Å².